The lowest BCUT2D eigenvalue weighted by molar-refractivity contribution is -0.140. The van der Waals surface area contributed by atoms with Crippen LogP contribution in [0.2, 0.25) is 0 Å². The van der Waals surface area contributed by atoms with E-state index in [2.05, 4.69) is 0 Å². The lowest BCUT2D eigenvalue weighted by atomic mass is 9.86. The minimum absolute atomic E-state index is 0.0269. The summed E-state index contributed by atoms with van der Waals surface area (Å²) in [5, 5.41) is 0. The average molecular weight is 278 g/mol. The van der Waals surface area contributed by atoms with Crippen LogP contribution in [0.5, 0.6) is 0 Å². The summed E-state index contributed by atoms with van der Waals surface area (Å²) < 4.78 is 31.2. The smallest absolute Gasteiger partial charge is 0.248 e. The largest absolute Gasteiger partial charge is 0.383 e. The lowest BCUT2D eigenvalue weighted by Crippen LogP contribution is -2.41. The van der Waals surface area contributed by atoms with Gasteiger partial charge in [0, 0.05) is 39.0 Å². The Hall–Kier alpha value is -0.750. The number of nitrogens with zero attached hydrogens (tertiary/aromatic N) is 1. The second kappa shape index (κ2) is 7.75. The Morgan fingerprint density at radius 1 is 1.37 bits per heavy atom. The van der Waals surface area contributed by atoms with Crippen molar-refractivity contribution in [2.75, 3.05) is 33.4 Å². The third-order valence-corrected chi connectivity index (χ3v) is 3.58. The van der Waals surface area contributed by atoms with Crippen LogP contribution in [0.3, 0.4) is 0 Å². The van der Waals surface area contributed by atoms with Gasteiger partial charge in [0.25, 0.3) is 0 Å². The highest BCUT2D eigenvalue weighted by Crippen LogP contribution is 2.36. The van der Waals surface area contributed by atoms with E-state index in [1.54, 1.807) is 12.0 Å². The zero-order valence-corrected chi connectivity index (χ0v) is 11.5. The Kier molecular flexibility index (Phi) is 6.65. The molecule has 4 nitrogen and oxygen atoms in total. The highest BCUT2D eigenvalue weighted by molar-refractivity contribution is 5.79. The third-order valence-electron chi connectivity index (χ3n) is 3.58. The molecule has 1 aliphatic carbocycles. The number of rotatable bonds is 7. The molecule has 0 unspecified atom stereocenters. The van der Waals surface area contributed by atoms with Gasteiger partial charge in [-0.1, -0.05) is 0 Å². The number of amides is 1. The first-order valence-corrected chi connectivity index (χ1v) is 6.86. The van der Waals surface area contributed by atoms with E-state index in [-0.39, 0.29) is 37.5 Å². The fourth-order valence-electron chi connectivity index (χ4n) is 2.36. The van der Waals surface area contributed by atoms with E-state index >= 15 is 0 Å². The molecule has 1 saturated carbocycles. The summed E-state index contributed by atoms with van der Waals surface area (Å²) in [5.41, 5.74) is 5.45. The number of methoxy groups -OCH3 is 1. The van der Waals surface area contributed by atoms with Crippen LogP contribution < -0.4 is 5.73 Å². The fraction of sp³-hybridized carbons (Fsp3) is 0.923. The van der Waals surface area contributed by atoms with Gasteiger partial charge in [0.1, 0.15) is 0 Å². The standard InChI is InChI=1S/C13H24F2N2O2/c1-19-10-9-17(8-2-7-16)12(18)11-3-5-13(14,15)6-4-11/h11H,2-10,16H2,1H3. The number of nitrogens with two attached hydrogens (primary N) is 1. The molecular weight excluding hydrogens is 254 g/mol. The van der Waals surface area contributed by atoms with Crippen LogP contribution in [0.4, 0.5) is 8.78 Å². The van der Waals surface area contributed by atoms with E-state index in [0.717, 1.165) is 6.42 Å². The quantitative estimate of drug-likeness (QED) is 0.770. The van der Waals surface area contributed by atoms with Crippen LogP contribution in [-0.2, 0) is 9.53 Å². The van der Waals surface area contributed by atoms with Gasteiger partial charge in [0.15, 0.2) is 0 Å². The van der Waals surface area contributed by atoms with Gasteiger partial charge in [0.2, 0.25) is 11.8 Å². The zero-order valence-electron chi connectivity index (χ0n) is 11.5. The fourth-order valence-corrected chi connectivity index (χ4v) is 2.36. The molecule has 6 heteroatoms. The van der Waals surface area contributed by atoms with Crippen molar-refractivity contribution in [2.45, 2.75) is 38.0 Å². The maximum Gasteiger partial charge on any atom is 0.248 e. The van der Waals surface area contributed by atoms with E-state index < -0.39 is 5.92 Å². The summed E-state index contributed by atoms with van der Waals surface area (Å²) in [6.45, 7) is 2.05. The van der Waals surface area contributed by atoms with Gasteiger partial charge in [0.05, 0.1) is 6.61 Å². The maximum atomic E-state index is 13.1. The van der Waals surface area contributed by atoms with Gasteiger partial charge < -0.3 is 15.4 Å². The van der Waals surface area contributed by atoms with E-state index in [0.29, 0.717) is 26.2 Å². The van der Waals surface area contributed by atoms with Gasteiger partial charge >= 0.3 is 0 Å². The predicted molar refractivity (Wildman–Crippen MR) is 69.0 cm³/mol. The van der Waals surface area contributed by atoms with Crippen molar-refractivity contribution in [3.05, 3.63) is 0 Å². The molecule has 0 aromatic heterocycles. The average Bonchev–Trinajstić information content (AvgIpc) is 2.38. The minimum atomic E-state index is -2.59. The van der Waals surface area contributed by atoms with Crippen molar-refractivity contribution in [3.8, 4) is 0 Å². The summed E-state index contributed by atoms with van der Waals surface area (Å²) in [4.78, 5) is 14.0. The monoisotopic (exact) mass is 278 g/mol. The summed E-state index contributed by atoms with van der Waals surface area (Å²) in [6, 6.07) is 0. The number of hydrogen-bond donors (Lipinski definition) is 1. The molecule has 1 aliphatic rings. The Labute approximate surface area is 113 Å². The van der Waals surface area contributed by atoms with Crippen LogP contribution in [0.1, 0.15) is 32.1 Å². The zero-order chi connectivity index (χ0) is 14.3. The summed E-state index contributed by atoms with van der Waals surface area (Å²) in [7, 11) is 1.58. The number of hydrogen-bond acceptors (Lipinski definition) is 3. The number of carbonyl (C=O) groups is 1. The highest BCUT2D eigenvalue weighted by Gasteiger charge is 2.38. The first-order valence-electron chi connectivity index (χ1n) is 6.86. The van der Waals surface area contributed by atoms with Crippen molar-refractivity contribution in [1.82, 2.24) is 4.90 Å². The van der Waals surface area contributed by atoms with E-state index in [9.17, 15) is 13.6 Å². The highest BCUT2D eigenvalue weighted by atomic mass is 19.3. The molecule has 0 aliphatic heterocycles. The van der Waals surface area contributed by atoms with E-state index in [1.165, 1.54) is 0 Å². The molecule has 19 heavy (non-hydrogen) atoms. The van der Waals surface area contributed by atoms with Crippen molar-refractivity contribution < 1.29 is 18.3 Å². The van der Waals surface area contributed by atoms with Gasteiger partial charge in [-0.05, 0) is 25.8 Å². The number of ether oxygens (including phenoxy) is 1. The van der Waals surface area contributed by atoms with Crippen molar-refractivity contribution in [3.63, 3.8) is 0 Å². The number of alkyl halides is 2. The van der Waals surface area contributed by atoms with Crippen LogP contribution in [0.15, 0.2) is 0 Å². The molecular formula is C13H24F2N2O2. The molecule has 0 heterocycles. The molecule has 0 radical (unpaired) electrons. The molecule has 112 valence electrons. The molecule has 1 rings (SSSR count). The van der Waals surface area contributed by atoms with E-state index in [1.807, 2.05) is 0 Å². The molecule has 0 saturated heterocycles. The lowest BCUT2D eigenvalue weighted by Gasteiger charge is -2.32. The minimum Gasteiger partial charge on any atom is -0.383 e. The van der Waals surface area contributed by atoms with Gasteiger partial charge in [-0.25, -0.2) is 8.78 Å². The summed E-state index contributed by atoms with van der Waals surface area (Å²) >= 11 is 0. The maximum absolute atomic E-state index is 13.1. The SMILES string of the molecule is COCCN(CCCN)C(=O)C1CCC(F)(F)CC1. The van der Waals surface area contributed by atoms with Crippen LogP contribution in [-0.4, -0.2) is 50.1 Å². The van der Waals surface area contributed by atoms with Gasteiger partial charge in [-0.3, -0.25) is 4.79 Å². The molecule has 1 amide bonds. The molecule has 0 atom stereocenters. The van der Waals surface area contributed by atoms with Crippen LogP contribution in [0, 0.1) is 5.92 Å². The van der Waals surface area contributed by atoms with Crippen molar-refractivity contribution >= 4 is 5.91 Å². The second-order valence-electron chi connectivity index (χ2n) is 5.09. The molecule has 0 aromatic carbocycles. The van der Waals surface area contributed by atoms with Gasteiger partial charge in [-0.15, -0.1) is 0 Å². The molecule has 1 fully saturated rings. The molecule has 0 spiro atoms. The number of halogens is 2. The normalized spacial score (nSPS) is 19.4. The van der Waals surface area contributed by atoms with E-state index in [4.69, 9.17) is 10.5 Å². The summed E-state index contributed by atoms with van der Waals surface area (Å²) in [6.07, 6.45) is 0.908. The van der Waals surface area contributed by atoms with Gasteiger partial charge in [-0.2, -0.15) is 0 Å². The molecule has 0 bridgehead atoms. The van der Waals surface area contributed by atoms with Crippen molar-refractivity contribution in [2.24, 2.45) is 11.7 Å². The predicted octanol–water partition coefficient (Wildman–Crippen LogP) is 1.64. The van der Waals surface area contributed by atoms with Crippen molar-refractivity contribution in [1.29, 1.82) is 0 Å². The Bertz CT molecular complexity index is 270. The van der Waals surface area contributed by atoms with Crippen LogP contribution in [0.25, 0.3) is 0 Å². The number of carbonyl (C=O) groups excluding carboxylic acids is 1. The second-order valence-corrected chi connectivity index (χ2v) is 5.09. The third kappa shape index (κ3) is 5.40. The molecule has 2 N–H and O–H groups in total. The Balaban J connectivity index is 2.50. The first-order chi connectivity index (χ1) is 9.00. The Morgan fingerprint density at radius 3 is 2.53 bits per heavy atom. The topological polar surface area (TPSA) is 55.6 Å². The summed E-state index contributed by atoms with van der Waals surface area (Å²) in [5.74, 6) is -2.89. The van der Waals surface area contributed by atoms with Crippen LogP contribution >= 0.6 is 0 Å². The molecule has 0 aromatic rings. The Morgan fingerprint density at radius 2 is 2.00 bits per heavy atom. The first kappa shape index (κ1) is 16.3.